The van der Waals surface area contributed by atoms with E-state index in [1.165, 1.54) is 6.07 Å². The first-order chi connectivity index (χ1) is 11.5. The molecule has 120 valence electrons. The van der Waals surface area contributed by atoms with Crippen LogP contribution < -0.4 is 10.7 Å². The van der Waals surface area contributed by atoms with Crippen LogP contribution in [0.5, 0.6) is 5.75 Å². The molecule has 1 amide bonds. The molecule has 3 aromatic rings. The molecule has 0 aliphatic carbocycles. The summed E-state index contributed by atoms with van der Waals surface area (Å²) in [5.74, 6) is -2.66. The van der Waals surface area contributed by atoms with Crippen molar-refractivity contribution in [3.63, 3.8) is 0 Å². The summed E-state index contributed by atoms with van der Waals surface area (Å²) in [4.78, 5) is 35.2. The van der Waals surface area contributed by atoms with Crippen LogP contribution in [0.2, 0.25) is 0 Å². The predicted molar refractivity (Wildman–Crippen MR) is 85.5 cm³/mol. The molecule has 1 heterocycles. The smallest absolute Gasteiger partial charge is 0.339 e. The molecule has 3 rings (SSSR count). The van der Waals surface area contributed by atoms with E-state index >= 15 is 0 Å². The van der Waals surface area contributed by atoms with E-state index < -0.39 is 17.6 Å². The average molecular weight is 325 g/mol. The highest BCUT2D eigenvalue weighted by molar-refractivity contribution is 6.03. The van der Waals surface area contributed by atoms with Gasteiger partial charge in [0.05, 0.1) is 5.39 Å². The Bertz CT molecular complexity index is 1020. The maximum Gasteiger partial charge on any atom is 0.339 e. The Hall–Kier alpha value is -3.61. The van der Waals surface area contributed by atoms with Crippen molar-refractivity contribution >= 4 is 28.5 Å². The molecule has 0 radical (unpaired) electrons. The molecule has 0 saturated heterocycles. The molecule has 7 nitrogen and oxygen atoms in total. The number of carboxylic acids is 1. The maximum atomic E-state index is 12.2. The summed E-state index contributed by atoms with van der Waals surface area (Å²) >= 11 is 0. The number of carboxylic acid groups (broad SMARTS) is 1. The molecule has 0 atom stereocenters. The lowest BCUT2D eigenvalue weighted by molar-refractivity contribution is 0.0693. The van der Waals surface area contributed by atoms with Gasteiger partial charge in [-0.15, -0.1) is 0 Å². The number of rotatable bonds is 3. The van der Waals surface area contributed by atoms with Gasteiger partial charge in [-0.2, -0.15) is 0 Å². The molecule has 0 aliphatic heterocycles. The van der Waals surface area contributed by atoms with Gasteiger partial charge in [-0.25, -0.2) is 4.79 Å². The molecule has 0 fully saturated rings. The largest absolute Gasteiger partial charge is 0.507 e. The van der Waals surface area contributed by atoms with E-state index in [0.29, 0.717) is 5.39 Å². The Morgan fingerprint density at radius 2 is 1.79 bits per heavy atom. The van der Waals surface area contributed by atoms with E-state index in [-0.39, 0.29) is 28.0 Å². The first-order valence-electron chi connectivity index (χ1n) is 6.86. The number of carbonyl (C=O) groups is 2. The van der Waals surface area contributed by atoms with Crippen LogP contribution in [0, 0.1) is 0 Å². The second-order valence-corrected chi connectivity index (χ2v) is 4.96. The zero-order valence-corrected chi connectivity index (χ0v) is 12.1. The monoisotopic (exact) mass is 325 g/mol. The van der Waals surface area contributed by atoms with E-state index in [4.69, 9.17) is 9.52 Å². The lowest BCUT2D eigenvalue weighted by Gasteiger charge is -2.07. The summed E-state index contributed by atoms with van der Waals surface area (Å²) in [5.41, 5.74) is -0.301. The van der Waals surface area contributed by atoms with Crippen molar-refractivity contribution in [1.82, 2.24) is 0 Å². The van der Waals surface area contributed by atoms with E-state index in [9.17, 15) is 19.5 Å². The summed E-state index contributed by atoms with van der Waals surface area (Å²) < 4.78 is 5.40. The van der Waals surface area contributed by atoms with Crippen LogP contribution in [0.15, 0.2) is 57.7 Å². The van der Waals surface area contributed by atoms with Crippen LogP contribution >= 0.6 is 0 Å². The van der Waals surface area contributed by atoms with Crippen molar-refractivity contribution in [2.75, 3.05) is 5.32 Å². The quantitative estimate of drug-likeness (QED) is 0.637. The van der Waals surface area contributed by atoms with E-state index in [2.05, 4.69) is 5.32 Å². The number of fused-ring (bicyclic) bond motifs is 1. The third-order valence-corrected chi connectivity index (χ3v) is 3.34. The highest BCUT2D eigenvalue weighted by Gasteiger charge is 2.15. The van der Waals surface area contributed by atoms with Crippen molar-refractivity contribution in [2.45, 2.75) is 0 Å². The Kier molecular flexibility index (Phi) is 3.75. The number of benzene rings is 2. The molecule has 24 heavy (non-hydrogen) atoms. The van der Waals surface area contributed by atoms with Gasteiger partial charge in [0.1, 0.15) is 16.9 Å². The molecule has 0 spiro atoms. The van der Waals surface area contributed by atoms with Crippen molar-refractivity contribution in [2.24, 2.45) is 0 Å². The second-order valence-electron chi connectivity index (χ2n) is 4.96. The van der Waals surface area contributed by atoms with Gasteiger partial charge >= 0.3 is 5.97 Å². The molecule has 0 bridgehead atoms. The molecule has 0 aliphatic rings. The lowest BCUT2D eigenvalue weighted by atomic mass is 10.1. The minimum atomic E-state index is -1.33. The van der Waals surface area contributed by atoms with Crippen LogP contribution in [0.1, 0.15) is 20.9 Å². The van der Waals surface area contributed by atoms with Gasteiger partial charge in [-0.3, -0.25) is 9.59 Å². The first kappa shape index (κ1) is 15.3. The zero-order valence-electron chi connectivity index (χ0n) is 12.1. The van der Waals surface area contributed by atoms with Crippen molar-refractivity contribution < 1.29 is 24.2 Å². The van der Waals surface area contributed by atoms with Gasteiger partial charge < -0.3 is 19.9 Å². The van der Waals surface area contributed by atoms with Crippen LogP contribution in [0.25, 0.3) is 11.0 Å². The fraction of sp³-hybridized carbons (Fsp3) is 0. The summed E-state index contributed by atoms with van der Waals surface area (Å²) in [6.07, 6.45) is 0. The standard InChI is InChI=1S/C17H11NO6/c19-12-6-5-9(7-11(12)17(22)23)18-16(21)15-8-13(20)10-3-1-2-4-14(10)24-15/h1-8,19H,(H,18,21)(H,22,23). The first-order valence-corrected chi connectivity index (χ1v) is 6.86. The van der Waals surface area contributed by atoms with Gasteiger partial charge in [-0.1, -0.05) is 12.1 Å². The number of hydrogen-bond donors (Lipinski definition) is 3. The minimum absolute atomic E-state index is 0.144. The van der Waals surface area contributed by atoms with Crippen molar-refractivity contribution in [3.05, 3.63) is 70.1 Å². The summed E-state index contributed by atoms with van der Waals surface area (Å²) in [6.45, 7) is 0. The Labute approximate surface area is 134 Å². The average Bonchev–Trinajstić information content (AvgIpc) is 2.56. The third kappa shape index (κ3) is 2.82. The number of aromatic carboxylic acids is 1. The van der Waals surface area contributed by atoms with Gasteiger partial charge in [0.15, 0.2) is 11.2 Å². The fourth-order valence-corrected chi connectivity index (χ4v) is 2.19. The number of carbonyl (C=O) groups excluding carboxylic acids is 1. The predicted octanol–water partition coefficient (Wildman–Crippen LogP) is 2.45. The number of hydrogen-bond acceptors (Lipinski definition) is 5. The SMILES string of the molecule is O=C(Nc1ccc(O)c(C(=O)O)c1)c1cc(=O)c2ccccc2o1. The number of amides is 1. The third-order valence-electron chi connectivity index (χ3n) is 3.34. The molecule has 7 heteroatoms. The summed E-state index contributed by atoms with van der Waals surface area (Å²) in [5, 5.41) is 21.2. The van der Waals surface area contributed by atoms with E-state index in [0.717, 1.165) is 18.2 Å². The Morgan fingerprint density at radius 3 is 2.54 bits per heavy atom. The van der Waals surface area contributed by atoms with Gasteiger partial charge in [-0.05, 0) is 30.3 Å². The zero-order chi connectivity index (χ0) is 17.3. The van der Waals surface area contributed by atoms with E-state index in [1.807, 2.05) is 0 Å². The van der Waals surface area contributed by atoms with Crippen LogP contribution in [0.3, 0.4) is 0 Å². The number of para-hydroxylation sites is 1. The Morgan fingerprint density at radius 1 is 1.04 bits per heavy atom. The highest BCUT2D eigenvalue weighted by atomic mass is 16.4. The number of aromatic hydroxyl groups is 1. The number of nitrogens with one attached hydrogen (secondary N) is 1. The Balaban J connectivity index is 1.94. The number of anilines is 1. The van der Waals surface area contributed by atoms with Crippen LogP contribution in [0.4, 0.5) is 5.69 Å². The molecular weight excluding hydrogens is 314 g/mol. The molecular formula is C17H11NO6. The highest BCUT2D eigenvalue weighted by Crippen LogP contribution is 2.22. The van der Waals surface area contributed by atoms with Crippen molar-refractivity contribution in [1.29, 1.82) is 0 Å². The number of phenols is 1. The molecule has 3 N–H and O–H groups in total. The van der Waals surface area contributed by atoms with Gasteiger partial charge in [0.25, 0.3) is 5.91 Å². The minimum Gasteiger partial charge on any atom is -0.507 e. The maximum absolute atomic E-state index is 12.2. The second kappa shape index (κ2) is 5.88. The van der Waals surface area contributed by atoms with Gasteiger partial charge in [0.2, 0.25) is 0 Å². The molecule has 0 saturated carbocycles. The normalized spacial score (nSPS) is 10.5. The van der Waals surface area contributed by atoms with Gasteiger partial charge in [0, 0.05) is 11.8 Å². The lowest BCUT2D eigenvalue weighted by Crippen LogP contribution is -2.15. The van der Waals surface area contributed by atoms with E-state index in [1.54, 1.807) is 24.3 Å². The molecule has 2 aromatic carbocycles. The molecule has 1 aromatic heterocycles. The topological polar surface area (TPSA) is 117 Å². The van der Waals surface area contributed by atoms with Crippen LogP contribution in [-0.4, -0.2) is 22.1 Å². The summed E-state index contributed by atoms with van der Waals surface area (Å²) in [6, 6.07) is 11.2. The fourth-order valence-electron chi connectivity index (χ4n) is 2.19. The van der Waals surface area contributed by atoms with Crippen molar-refractivity contribution in [3.8, 4) is 5.75 Å². The summed E-state index contributed by atoms with van der Waals surface area (Å²) in [7, 11) is 0. The molecule has 0 unspecified atom stereocenters. The van der Waals surface area contributed by atoms with Crippen LogP contribution in [-0.2, 0) is 0 Å².